The number of amides is 2. The summed E-state index contributed by atoms with van der Waals surface area (Å²) in [5.74, 6) is 0.660. The van der Waals surface area contributed by atoms with Gasteiger partial charge in [0, 0.05) is 24.5 Å². The Bertz CT molecular complexity index is 606. The van der Waals surface area contributed by atoms with Gasteiger partial charge in [0.25, 0.3) is 0 Å². The van der Waals surface area contributed by atoms with E-state index in [1.54, 1.807) is 12.4 Å². The molecule has 1 aromatic heterocycles. The van der Waals surface area contributed by atoms with E-state index in [4.69, 9.17) is 0 Å². The van der Waals surface area contributed by atoms with Gasteiger partial charge in [0.2, 0.25) is 11.8 Å². The molecule has 0 saturated heterocycles. The zero-order valence-corrected chi connectivity index (χ0v) is 12.6. The van der Waals surface area contributed by atoms with Crippen molar-refractivity contribution in [1.29, 1.82) is 0 Å². The molecule has 0 fully saturated rings. The predicted molar refractivity (Wildman–Crippen MR) is 84.1 cm³/mol. The maximum atomic E-state index is 11.8. The van der Waals surface area contributed by atoms with Crippen LogP contribution in [0.5, 0.6) is 0 Å². The topological polar surface area (TPSA) is 86.9 Å². The molecule has 0 spiro atoms. The summed E-state index contributed by atoms with van der Waals surface area (Å²) in [4.78, 5) is 30.3. The number of aromatic nitrogens is 2. The largest absolute Gasteiger partial charge is 0.349 e. The van der Waals surface area contributed by atoms with Gasteiger partial charge < -0.3 is 15.6 Å². The van der Waals surface area contributed by atoms with Gasteiger partial charge in [0.05, 0.1) is 13.0 Å². The Morgan fingerprint density at radius 3 is 2.59 bits per heavy atom. The first-order chi connectivity index (χ1) is 10.7. The lowest BCUT2D eigenvalue weighted by Gasteiger charge is -2.06. The normalized spacial score (nSPS) is 10.2. The van der Waals surface area contributed by atoms with Crippen molar-refractivity contribution in [2.75, 3.05) is 5.32 Å². The van der Waals surface area contributed by atoms with Gasteiger partial charge >= 0.3 is 0 Å². The van der Waals surface area contributed by atoms with Crippen LogP contribution in [-0.4, -0.2) is 21.8 Å². The number of carbonyl (C=O) groups excluding carboxylic acids is 2. The molecule has 0 aliphatic rings. The van der Waals surface area contributed by atoms with Gasteiger partial charge in [-0.25, -0.2) is 4.98 Å². The number of hydrogen-bond acceptors (Lipinski definition) is 3. The molecule has 22 heavy (non-hydrogen) atoms. The zero-order chi connectivity index (χ0) is 15.8. The molecular weight excluding hydrogens is 280 g/mol. The van der Waals surface area contributed by atoms with E-state index in [2.05, 4.69) is 20.6 Å². The standard InChI is InChI=1S/C16H20N4O2/c1-2-3-15(21)20-13-6-4-12(5-7-13)10-16(22)19-11-14-17-8-9-18-14/h4-9H,2-3,10-11H2,1H3,(H,17,18)(H,19,22)(H,20,21). The van der Waals surface area contributed by atoms with Crippen LogP contribution in [0.15, 0.2) is 36.7 Å². The number of H-pyrrole nitrogens is 1. The summed E-state index contributed by atoms with van der Waals surface area (Å²) in [5.41, 5.74) is 1.64. The molecule has 1 heterocycles. The van der Waals surface area contributed by atoms with Gasteiger partial charge in [-0.05, 0) is 24.1 Å². The molecule has 6 nitrogen and oxygen atoms in total. The van der Waals surface area contributed by atoms with E-state index >= 15 is 0 Å². The monoisotopic (exact) mass is 300 g/mol. The Balaban J connectivity index is 1.80. The van der Waals surface area contributed by atoms with E-state index < -0.39 is 0 Å². The average Bonchev–Trinajstić information content (AvgIpc) is 3.01. The van der Waals surface area contributed by atoms with Gasteiger partial charge in [0.15, 0.2) is 0 Å². The van der Waals surface area contributed by atoms with Crippen molar-refractivity contribution in [2.45, 2.75) is 32.7 Å². The van der Waals surface area contributed by atoms with E-state index in [1.807, 2.05) is 31.2 Å². The first-order valence-electron chi connectivity index (χ1n) is 7.31. The third kappa shape index (κ3) is 5.05. The molecule has 0 bridgehead atoms. The maximum absolute atomic E-state index is 11.8. The average molecular weight is 300 g/mol. The lowest BCUT2D eigenvalue weighted by Crippen LogP contribution is -2.25. The highest BCUT2D eigenvalue weighted by atomic mass is 16.2. The number of anilines is 1. The zero-order valence-electron chi connectivity index (χ0n) is 12.6. The van der Waals surface area contributed by atoms with Crippen molar-refractivity contribution < 1.29 is 9.59 Å². The fourth-order valence-electron chi connectivity index (χ4n) is 1.98. The van der Waals surface area contributed by atoms with Crippen LogP contribution < -0.4 is 10.6 Å². The fraction of sp³-hybridized carbons (Fsp3) is 0.312. The van der Waals surface area contributed by atoms with E-state index in [-0.39, 0.29) is 11.8 Å². The van der Waals surface area contributed by atoms with Crippen LogP contribution in [0.1, 0.15) is 31.2 Å². The Kier molecular flexibility index (Phi) is 5.71. The molecule has 2 rings (SSSR count). The molecule has 2 amide bonds. The Hall–Kier alpha value is -2.63. The number of nitrogens with zero attached hydrogens (tertiary/aromatic N) is 1. The van der Waals surface area contributed by atoms with Crippen molar-refractivity contribution in [3.8, 4) is 0 Å². The second-order valence-electron chi connectivity index (χ2n) is 4.98. The SMILES string of the molecule is CCCC(=O)Nc1ccc(CC(=O)NCc2ncc[nH]2)cc1. The van der Waals surface area contributed by atoms with Gasteiger partial charge in [-0.1, -0.05) is 19.1 Å². The van der Waals surface area contributed by atoms with Gasteiger partial charge in [-0.3, -0.25) is 9.59 Å². The highest BCUT2D eigenvalue weighted by molar-refractivity contribution is 5.90. The maximum Gasteiger partial charge on any atom is 0.224 e. The Morgan fingerprint density at radius 1 is 1.18 bits per heavy atom. The number of benzene rings is 1. The van der Waals surface area contributed by atoms with Gasteiger partial charge in [0.1, 0.15) is 5.82 Å². The van der Waals surface area contributed by atoms with Crippen molar-refractivity contribution in [1.82, 2.24) is 15.3 Å². The van der Waals surface area contributed by atoms with Crippen LogP contribution in [0, 0.1) is 0 Å². The Morgan fingerprint density at radius 2 is 1.95 bits per heavy atom. The molecule has 0 aliphatic heterocycles. The third-order valence-corrected chi connectivity index (χ3v) is 3.09. The summed E-state index contributed by atoms with van der Waals surface area (Å²) >= 11 is 0. The highest BCUT2D eigenvalue weighted by Crippen LogP contribution is 2.10. The van der Waals surface area contributed by atoms with Gasteiger partial charge in [-0.15, -0.1) is 0 Å². The molecule has 116 valence electrons. The van der Waals surface area contributed by atoms with Crippen LogP contribution >= 0.6 is 0 Å². The third-order valence-electron chi connectivity index (χ3n) is 3.09. The second kappa shape index (κ2) is 7.97. The summed E-state index contributed by atoms with van der Waals surface area (Å²) in [6.07, 6.45) is 4.99. The number of carbonyl (C=O) groups is 2. The number of nitrogens with one attached hydrogen (secondary N) is 3. The molecule has 2 aromatic rings. The van der Waals surface area contributed by atoms with Crippen molar-refractivity contribution in [3.63, 3.8) is 0 Å². The van der Waals surface area contributed by atoms with Crippen LogP contribution in [0.4, 0.5) is 5.69 Å². The molecular formula is C16H20N4O2. The lowest BCUT2D eigenvalue weighted by atomic mass is 10.1. The van der Waals surface area contributed by atoms with Crippen LogP contribution in [0.3, 0.4) is 0 Å². The summed E-state index contributed by atoms with van der Waals surface area (Å²) in [6.45, 7) is 2.35. The highest BCUT2D eigenvalue weighted by Gasteiger charge is 2.05. The van der Waals surface area contributed by atoms with Crippen LogP contribution in [0.2, 0.25) is 0 Å². The number of imidazole rings is 1. The quantitative estimate of drug-likeness (QED) is 0.731. The number of aromatic amines is 1. The van der Waals surface area contributed by atoms with Crippen LogP contribution in [-0.2, 0) is 22.6 Å². The Labute approximate surface area is 129 Å². The van der Waals surface area contributed by atoms with E-state index in [1.165, 1.54) is 0 Å². The summed E-state index contributed by atoms with van der Waals surface area (Å²) in [5, 5.41) is 5.61. The summed E-state index contributed by atoms with van der Waals surface area (Å²) < 4.78 is 0. The molecule has 0 radical (unpaired) electrons. The summed E-state index contributed by atoms with van der Waals surface area (Å²) in [7, 11) is 0. The first-order valence-corrected chi connectivity index (χ1v) is 7.31. The summed E-state index contributed by atoms with van der Waals surface area (Å²) in [6, 6.07) is 7.30. The smallest absolute Gasteiger partial charge is 0.224 e. The fourth-order valence-corrected chi connectivity index (χ4v) is 1.98. The van der Waals surface area contributed by atoms with Crippen LogP contribution in [0.25, 0.3) is 0 Å². The molecule has 0 aliphatic carbocycles. The first kappa shape index (κ1) is 15.8. The van der Waals surface area contributed by atoms with E-state index in [0.717, 1.165) is 23.5 Å². The second-order valence-corrected chi connectivity index (χ2v) is 4.98. The molecule has 1 aromatic carbocycles. The lowest BCUT2D eigenvalue weighted by molar-refractivity contribution is -0.120. The molecule has 0 atom stereocenters. The van der Waals surface area contributed by atoms with E-state index in [0.29, 0.717) is 19.4 Å². The minimum Gasteiger partial charge on any atom is -0.349 e. The van der Waals surface area contributed by atoms with Crippen molar-refractivity contribution >= 4 is 17.5 Å². The predicted octanol–water partition coefficient (Wildman–Crippen LogP) is 2.01. The minimum atomic E-state index is -0.0702. The van der Waals surface area contributed by atoms with Crippen molar-refractivity contribution in [2.24, 2.45) is 0 Å². The number of rotatable bonds is 7. The molecule has 3 N–H and O–H groups in total. The molecule has 0 saturated carbocycles. The van der Waals surface area contributed by atoms with Crippen molar-refractivity contribution in [3.05, 3.63) is 48.0 Å². The molecule has 0 unspecified atom stereocenters. The van der Waals surface area contributed by atoms with Gasteiger partial charge in [-0.2, -0.15) is 0 Å². The molecule has 6 heteroatoms. The number of hydrogen-bond donors (Lipinski definition) is 3. The van der Waals surface area contributed by atoms with E-state index in [9.17, 15) is 9.59 Å². The minimum absolute atomic E-state index is 0.00596.